The van der Waals surface area contributed by atoms with Crippen molar-refractivity contribution in [2.24, 2.45) is 0 Å². The van der Waals surface area contributed by atoms with Crippen LogP contribution >= 0.6 is 0 Å². The van der Waals surface area contributed by atoms with Gasteiger partial charge in [-0.3, -0.25) is 0 Å². The van der Waals surface area contributed by atoms with Crippen LogP contribution in [0.3, 0.4) is 0 Å². The Morgan fingerprint density at radius 3 is 2.75 bits per heavy atom. The van der Waals surface area contributed by atoms with E-state index in [1.807, 2.05) is 6.92 Å². The third-order valence-electron chi connectivity index (χ3n) is 2.45. The fourth-order valence-electron chi connectivity index (χ4n) is 1.65. The van der Waals surface area contributed by atoms with Crippen LogP contribution in [0.25, 0.3) is 0 Å². The van der Waals surface area contributed by atoms with E-state index in [1.165, 1.54) is 13.2 Å². The monoisotopic (exact) mass is 227 g/mol. The van der Waals surface area contributed by atoms with Crippen LogP contribution in [0.2, 0.25) is 0 Å². The molecule has 0 fully saturated rings. The molecule has 4 heteroatoms. The Bertz CT molecular complexity index is 353. The molecule has 0 bridgehead atoms. The highest BCUT2D eigenvalue weighted by Crippen LogP contribution is 2.31. The smallest absolute Gasteiger partial charge is 0.133 e. The lowest BCUT2D eigenvalue weighted by atomic mass is 9.94. The summed E-state index contributed by atoms with van der Waals surface area (Å²) in [4.78, 5) is 0. The Kier molecular flexibility index (Phi) is 4.26. The summed E-state index contributed by atoms with van der Waals surface area (Å²) in [5.41, 5.74) is -1.09. The maximum absolute atomic E-state index is 13.7. The predicted octanol–water partition coefficient (Wildman–Crippen LogP) is 1.65. The Hall–Kier alpha value is -1.13. The van der Waals surface area contributed by atoms with E-state index in [2.05, 4.69) is 5.32 Å². The molecule has 90 valence electrons. The molecule has 2 N–H and O–H groups in total. The first-order valence-electron chi connectivity index (χ1n) is 5.29. The lowest BCUT2D eigenvalue weighted by Crippen LogP contribution is -2.36. The van der Waals surface area contributed by atoms with Gasteiger partial charge in [0, 0.05) is 6.54 Å². The summed E-state index contributed by atoms with van der Waals surface area (Å²) in [6.07, 6.45) is 0. The van der Waals surface area contributed by atoms with Crippen LogP contribution in [-0.2, 0) is 5.60 Å². The van der Waals surface area contributed by atoms with Gasteiger partial charge in [-0.15, -0.1) is 0 Å². The van der Waals surface area contributed by atoms with E-state index in [0.717, 1.165) is 0 Å². The van der Waals surface area contributed by atoms with Crippen molar-refractivity contribution in [1.29, 1.82) is 0 Å². The molecule has 1 aromatic rings. The molecule has 0 aliphatic rings. The van der Waals surface area contributed by atoms with Crippen LogP contribution < -0.4 is 10.1 Å². The van der Waals surface area contributed by atoms with E-state index < -0.39 is 11.4 Å². The number of ether oxygens (including phenoxy) is 1. The van der Waals surface area contributed by atoms with Crippen LogP contribution in [0.1, 0.15) is 19.4 Å². The van der Waals surface area contributed by atoms with E-state index in [4.69, 9.17) is 4.74 Å². The van der Waals surface area contributed by atoms with Gasteiger partial charge in [-0.05, 0) is 25.6 Å². The van der Waals surface area contributed by atoms with Crippen molar-refractivity contribution in [3.63, 3.8) is 0 Å². The number of hydrogen-bond donors (Lipinski definition) is 2. The Morgan fingerprint density at radius 1 is 1.50 bits per heavy atom. The molecule has 0 aliphatic heterocycles. The first-order chi connectivity index (χ1) is 7.53. The van der Waals surface area contributed by atoms with Gasteiger partial charge in [-0.1, -0.05) is 13.0 Å². The van der Waals surface area contributed by atoms with Gasteiger partial charge >= 0.3 is 0 Å². The molecule has 1 rings (SSSR count). The number of benzene rings is 1. The minimum atomic E-state index is -1.29. The van der Waals surface area contributed by atoms with Crippen LogP contribution in [0.5, 0.6) is 5.75 Å². The predicted molar refractivity (Wildman–Crippen MR) is 61.1 cm³/mol. The van der Waals surface area contributed by atoms with Crippen LogP contribution in [-0.4, -0.2) is 25.3 Å². The molecule has 1 unspecified atom stereocenters. The number of likely N-dealkylation sites (N-methyl/N-ethyl adjacent to an activating group) is 1. The Balaban J connectivity index is 3.09. The fourth-order valence-corrected chi connectivity index (χ4v) is 1.65. The van der Waals surface area contributed by atoms with E-state index in [0.29, 0.717) is 12.3 Å². The number of nitrogens with one attached hydrogen (secondary N) is 1. The molecule has 1 aromatic carbocycles. The van der Waals surface area contributed by atoms with Crippen molar-refractivity contribution >= 4 is 0 Å². The minimum absolute atomic E-state index is 0.193. The zero-order chi connectivity index (χ0) is 12.2. The largest absolute Gasteiger partial charge is 0.496 e. The molecule has 0 radical (unpaired) electrons. The van der Waals surface area contributed by atoms with Gasteiger partial charge in [0.15, 0.2) is 0 Å². The topological polar surface area (TPSA) is 41.5 Å². The molecule has 0 heterocycles. The van der Waals surface area contributed by atoms with Crippen molar-refractivity contribution in [3.05, 3.63) is 29.6 Å². The summed E-state index contributed by atoms with van der Waals surface area (Å²) < 4.78 is 18.8. The number of halogens is 1. The van der Waals surface area contributed by atoms with Gasteiger partial charge in [-0.25, -0.2) is 4.39 Å². The first-order valence-corrected chi connectivity index (χ1v) is 5.29. The standard InChI is InChI=1S/C12H18FNO2/c1-4-14-8-12(2,15)11-9(13)6-5-7-10(11)16-3/h5-7,14-15H,4,8H2,1-3H3. The number of hydrogen-bond acceptors (Lipinski definition) is 3. The molecular weight excluding hydrogens is 209 g/mol. The summed E-state index contributed by atoms with van der Waals surface area (Å²) >= 11 is 0. The molecular formula is C12H18FNO2. The van der Waals surface area contributed by atoms with Crippen LogP contribution in [0.4, 0.5) is 4.39 Å². The van der Waals surface area contributed by atoms with Crippen molar-refractivity contribution in [3.8, 4) is 5.75 Å². The molecule has 0 saturated heterocycles. The Morgan fingerprint density at radius 2 is 2.19 bits per heavy atom. The van der Waals surface area contributed by atoms with Gasteiger partial charge in [0.2, 0.25) is 0 Å². The van der Waals surface area contributed by atoms with Gasteiger partial charge in [-0.2, -0.15) is 0 Å². The fraction of sp³-hybridized carbons (Fsp3) is 0.500. The molecule has 16 heavy (non-hydrogen) atoms. The SMILES string of the molecule is CCNCC(C)(O)c1c(F)cccc1OC. The summed E-state index contributed by atoms with van der Waals surface area (Å²) in [7, 11) is 1.46. The number of methoxy groups -OCH3 is 1. The highest BCUT2D eigenvalue weighted by molar-refractivity contribution is 5.39. The lowest BCUT2D eigenvalue weighted by molar-refractivity contribution is 0.0511. The van der Waals surface area contributed by atoms with Crippen LogP contribution in [0.15, 0.2) is 18.2 Å². The second-order valence-electron chi connectivity index (χ2n) is 3.87. The molecule has 0 aromatic heterocycles. The minimum Gasteiger partial charge on any atom is -0.496 e. The maximum atomic E-state index is 13.7. The van der Waals surface area contributed by atoms with Crippen molar-refractivity contribution in [2.75, 3.05) is 20.2 Å². The summed E-state index contributed by atoms with van der Waals surface area (Å²) in [5.74, 6) is -0.0924. The van der Waals surface area contributed by atoms with Gasteiger partial charge in [0.25, 0.3) is 0 Å². The summed E-state index contributed by atoms with van der Waals surface area (Å²) in [5, 5.41) is 13.2. The molecule has 0 spiro atoms. The van der Waals surface area contributed by atoms with Crippen molar-refractivity contribution < 1.29 is 14.2 Å². The second kappa shape index (κ2) is 5.27. The van der Waals surface area contributed by atoms with Gasteiger partial charge in [0.05, 0.1) is 12.7 Å². The zero-order valence-electron chi connectivity index (χ0n) is 9.88. The van der Waals surface area contributed by atoms with Gasteiger partial charge in [0.1, 0.15) is 17.2 Å². The third kappa shape index (κ3) is 2.71. The molecule has 0 amide bonds. The molecule has 0 aliphatic carbocycles. The molecule has 0 saturated carbocycles. The average Bonchev–Trinajstić information content (AvgIpc) is 2.25. The van der Waals surface area contributed by atoms with E-state index >= 15 is 0 Å². The average molecular weight is 227 g/mol. The first kappa shape index (κ1) is 12.9. The third-order valence-corrected chi connectivity index (χ3v) is 2.45. The highest BCUT2D eigenvalue weighted by atomic mass is 19.1. The number of rotatable bonds is 5. The molecule has 1 atom stereocenters. The zero-order valence-corrected chi connectivity index (χ0v) is 9.88. The van der Waals surface area contributed by atoms with E-state index in [1.54, 1.807) is 19.1 Å². The molecule has 3 nitrogen and oxygen atoms in total. The van der Waals surface area contributed by atoms with Gasteiger partial charge < -0.3 is 15.2 Å². The quantitative estimate of drug-likeness (QED) is 0.803. The Labute approximate surface area is 95.2 Å². The number of aliphatic hydroxyl groups is 1. The second-order valence-corrected chi connectivity index (χ2v) is 3.87. The lowest BCUT2D eigenvalue weighted by Gasteiger charge is -2.26. The van der Waals surface area contributed by atoms with Crippen molar-refractivity contribution in [1.82, 2.24) is 5.32 Å². The van der Waals surface area contributed by atoms with Crippen molar-refractivity contribution in [2.45, 2.75) is 19.4 Å². The normalized spacial score (nSPS) is 14.6. The summed E-state index contributed by atoms with van der Waals surface area (Å²) in [6, 6.07) is 4.51. The van der Waals surface area contributed by atoms with E-state index in [-0.39, 0.29) is 12.1 Å². The van der Waals surface area contributed by atoms with E-state index in [9.17, 15) is 9.50 Å². The summed E-state index contributed by atoms with van der Waals surface area (Å²) in [6.45, 7) is 4.49. The van der Waals surface area contributed by atoms with Crippen LogP contribution in [0, 0.1) is 5.82 Å². The highest BCUT2D eigenvalue weighted by Gasteiger charge is 2.29. The maximum Gasteiger partial charge on any atom is 0.133 e.